The van der Waals surface area contributed by atoms with Crippen LogP contribution >= 0.6 is 23.2 Å². The minimum Gasteiger partial charge on any atom is -0.197 e. The highest BCUT2D eigenvalue weighted by Crippen LogP contribution is 2.42. The topological polar surface area (TPSA) is 23.8 Å². The molecule has 0 radical (unpaired) electrons. The number of nitrogens with zero attached hydrogens (tertiary/aromatic N) is 1. The van der Waals surface area contributed by atoms with Gasteiger partial charge in [-0.3, -0.25) is 0 Å². The Morgan fingerprint density at radius 1 is 1.24 bits per heavy atom. The van der Waals surface area contributed by atoms with Crippen molar-refractivity contribution in [3.63, 3.8) is 0 Å². The maximum absolute atomic E-state index is 9.52. The highest BCUT2D eigenvalue weighted by Gasteiger charge is 2.36. The van der Waals surface area contributed by atoms with E-state index in [2.05, 4.69) is 13.0 Å². The maximum Gasteiger partial charge on any atom is 0.0823 e. The molecule has 0 aliphatic heterocycles. The van der Waals surface area contributed by atoms with Gasteiger partial charge in [-0.05, 0) is 49.3 Å². The van der Waals surface area contributed by atoms with E-state index in [-0.39, 0.29) is 5.41 Å². The molecule has 0 atom stereocenters. The lowest BCUT2D eigenvalue weighted by atomic mass is 9.68. The third kappa shape index (κ3) is 2.44. The van der Waals surface area contributed by atoms with Gasteiger partial charge < -0.3 is 0 Å². The van der Waals surface area contributed by atoms with Crippen LogP contribution in [-0.4, -0.2) is 0 Å². The lowest BCUT2D eigenvalue weighted by Crippen LogP contribution is -2.29. The van der Waals surface area contributed by atoms with Gasteiger partial charge in [-0.2, -0.15) is 5.26 Å². The Hall–Kier alpha value is -0.710. The van der Waals surface area contributed by atoms with E-state index in [4.69, 9.17) is 23.2 Å². The van der Waals surface area contributed by atoms with Crippen molar-refractivity contribution in [1.82, 2.24) is 0 Å². The number of hydrogen-bond acceptors (Lipinski definition) is 1. The van der Waals surface area contributed by atoms with Gasteiger partial charge in [0.15, 0.2) is 0 Å². The molecule has 0 spiro atoms. The second-order valence-electron chi connectivity index (χ2n) is 5.01. The summed E-state index contributed by atoms with van der Waals surface area (Å²) >= 11 is 12.0. The van der Waals surface area contributed by atoms with Crippen LogP contribution in [0.3, 0.4) is 0 Å². The van der Waals surface area contributed by atoms with Gasteiger partial charge in [0.05, 0.1) is 21.5 Å². The lowest BCUT2D eigenvalue weighted by molar-refractivity contribution is 0.294. The normalized spacial score (nSPS) is 28.7. The molecule has 0 bridgehead atoms. The van der Waals surface area contributed by atoms with E-state index in [0.29, 0.717) is 10.0 Å². The fraction of sp³-hybridized carbons (Fsp3) is 0.500. The molecule has 1 aromatic carbocycles. The van der Waals surface area contributed by atoms with Crippen LogP contribution in [0.4, 0.5) is 0 Å². The van der Waals surface area contributed by atoms with Gasteiger partial charge in [0, 0.05) is 0 Å². The minimum atomic E-state index is -0.360. The van der Waals surface area contributed by atoms with Gasteiger partial charge in [0.25, 0.3) is 0 Å². The Morgan fingerprint density at radius 2 is 1.88 bits per heavy atom. The number of halogens is 2. The standard InChI is InChI=1S/C14H15Cl2N/c1-10-4-6-14(9-17,7-5-10)11-2-3-12(15)13(16)8-11/h2-3,8,10H,4-7H2,1H3. The number of hydrogen-bond donors (Lipinski definition) is 0. The summed E-state index contributed by atoms with van der Waals surface area (Å²) in [5.74, 6) is 0.722. The summed E-state index contributed by atoms with van der Waals surface area (Å²) in [5.41, 5.74) is 0.655. The Bertz CT molecular complexity index is 454. The van der Waals surface area contributed by atoms with E-state index in [9.17, 15) is 5.26 Å². The van der Waals surface area contributed by atoms with Crippen molar-refractivity contribution in [2.24, 2.45) is 5.92 Å². The zero-order valence-corrected chi connectivity index (χ0v) is 11.4. The van der Waals surface area contributed by atoms with Crippen molar-refractivity contribution >= 4 is 23.2 Å². The largest absolute Gasteiger partial charge is 0.197 e. The summed E-state index contributed by atoms with van der Waals surface area (Å²) < 4.78 is 0. The smallest absolute Gasteiger partial charge is 0.0823 e. The maximum atomic E-state index is 9.52. The Balaban J connectivity index is 2.35. The number of rotatable bonds is 1. The molecule has 1 aromatic rings. The second kappa shape index (κ2) is 4.88. The molecular formula is C14H15Cl2N. The van der Waals surface area contributed by atoms with Crippen LogP contribution in [-0.2, 0) is 5.41 Å². The highest BCUT2D eigenvalue weighted by molar-refractivity contribution is 6.42. The van der Waals surface area contributed by atoms with Crippen LogP contribution in [0.25, 0.3) is 0 Å². The van der Waals surface area contributed by atoms with Crippen LogP contribution in [0, 0.1) is 17.2 Å². The second-order valence-corrected chi connectivity index (χ2v) is 5.82. The molecule has 0 heterocycles. The van der Waals surface area contributed by atoms with Gasteiger partial charge in [0.1, 0.15) is 0 Å². The molecule has 0 amide bonds. The fourth-order valence-corrected chi connectivity index (χ4v) is 2.81. The van der Waals surface area contributed by atoms with Crippen molar-refractivity contribution in [3.05, 3.63) is 33.8 Å². The van der Waals surface area contributed by atoms with Crippen LogP contribution in [0.2, 0.25) is 10.0 Å². The molecular weight excluding hydrogens is 253 g/mol. The molecule has 17 heavy (non-hydrogen) atoms. The molecule has 0 unspecified atom stereocenters. The first kappa shape index (κ1) is 12.7. The molecule has 2 rings (SSSR count). The van der Waals surface area contributed by atoms with Crippen molar-refractivity contribution in [1.29, 1.82) is 5.26 Å². The van der Waals surface area contributed by atoms with Gasteiger partial charge >= 0.3 is 0 Å². The van der Waals surface area contributed by atoms with E-state index < -0.39 is 0 Å². The fourth-order valence-electron chi connectivity index (χ4n) is 2.51. The summed E-state index contributed by atoms with van der Waals surface area (Å²) in [6.45, 7) is 2.25. The monoisotopic (exact) mass is 267 g/mol. The highest BCUT2D eigenvalue weighted by atomic mass is 35.5. The zero-order chi connectivity index (χ0) is 12.5. The predicted octanol–water partition coefficient (Wildman–Crippen LogP) is 4.96. The third-order valence-electron chi connectivity index (χ3n) is 3.81. The Kier molecular flexibility index (Phi) is 3.66. The minimum absolute atomic E-state index is 0.360. The SMILES string of the molecule is CC1CCC(C#N)(c2ccc(Cl)c(Cl)c2)CC1. The molecule has 1 fully saturated rings. The molecule has 1 nitrogen and oxygen atoms in total. The molecule has 1 aliphatic carbocycles. The average molecular weight is 268 g/mol. The van der Waals surface area contributed by atoms with Crippen molar-refractivity contribution < 1.29 is 0 Å². The first-order valence-electron chi connectivity index (χ1n) is 5.94. The van der Waals surface area contributed by atoms with Crippen molar-refractivity contribution in [2.75, 3.05) is 0 Å². The molecule has 0 aromatic heterocycles. The summed E-state index contributed by atoms with van der Waals surface area (Å²) in [5, 5.41) is 10.6. The van der Waals surface area contributed by atoms with Crippen LogP contribution in [0.15, 0.2) is 18.2 Å². The van der Waals surface area contributed by atoms with Crippen LogP contribution in [0.1, 0.15) is 38.2 Å². The van der Waals surface area contributed by atoms with E-state index in [1.54, 1.807) is 6.07 Å². The molecule has 90 valence electrons. The van der Waals surface area contributed by atoms with Gasteiger partial charge in [-0.1, -0.05) is 36.2 Å². The first-order chi connectivity index (χ1) is 8.07. The van der Waals surface area contributed by atoms with E-state index >= 15 is 0 Å². The molecule has 0 saturated heterocycles. The summed E-state index contributed by atoms with van der Waals surface area (Å²) in [4.78, 5) is 0. The van der Waals surface area contributed by atoms with Crippen molar-refractivity contribution in [3.8, 4) is 6.07 Å². The first-order valence-corrected chi connectivity index (χ1v) is 6.70. The van der Waals surface area contributed by atoms with Gasteiger partial charge in [0.2, 0.25) is 0 Å². The lowest BCUT2D eigenvalue weighted by Gasteiger charge is -2.34. The summed E-state index contributed by atoms with van der Waals surface area (Å²) in [6.07, 6.45) is 4.05. The van der Waals surface area contributed by atoms with Gasteiger partial charge in [-0.15, -0.1) is 0 Å². The van der Waals surface area contributed by atoms with E-state index in [1.165, 1.54) is 0 Å². The van der Waals surface area contributed by atoms with Crippen LogP contribution in [0.5, 0.6) is 0 Å². The van der Waals surface area contributed by atoms with E-state index in [0.717, 1.165) is 37.2 Å². The Labute approximate surface area is 112 Å². The average Bonchev–Trinajstić information content (AvgIpc) is 2.34. The number of benzene rings is 1. The van der Waals surface area contributed by atoms with Crippen molar-refractivity contribution in [2.45, 2.75) is 38.0 Å². The van der Waals surface area contributed by atoms with Gasteiger partial charge in [-0.25, -0.2) is 0 Å². The number of nitriles is 1. The quantitative estimate of drug-likeness (QED) is 0.705. The zero-order valence-electron chi connectivity index (χ0n) is 9.84. The molecule has 0 N–H and O–H groups in total. The molecule has 1 saturated carbocycles. The summed E-state index contributed by atoms with van der Waals surface area (Å²) in [6, 6.07) is 8.08. The predicted molar refractivity (Wildman–Crippen MR) is 71.4 cm³/mol. The van der Waals surface area contributed by atoms with E-state index in [1.807, 2.05) is 12.1 Å². The summed E-state index contributed by atoms with van der Waals surface area (Å²) in [7, 11) is 0. The molecule has 1 aliphatic rings. The van der Waals surface area contributed by atoms with Crippen LogP contribution < -0.4 is 0 Å². The third-order valence-corrected chi connectivity index (χ3v) is 4.55. The molecule has 3 heteroatoms. The Morgan fingerprint density at radius 3 is 2.41 bits per heavy atom.